The smallest absolute Gasteiger partial charge is 0.407 e. The van der Waals surface area contributed by atoms with Gasteiger partial charge in [-0.05, 0) is 91.2 Å². The minimum Gasteiger partial charge on any atom is -0.445 e. The number of unbranched alkanes of at least 4 members (excludes halogenated alkanes) is 2. The monoisotopic (exact) mass is 1420 g/mol. The molecule has 0 bridgehead atoms. The minimum atomic E-state index is -1.22. The first kappa shape index (κ1) is 85.5. The van der Waals surface area contributed by atoms with E-state index in [0.717, 1.165) is 0 Å². The number of benzene rings is 2. The number of nitrogens with one attached hydrogen (secondary N) is 10. The third-order valence-electron chi connectivity index (χ3n) is 16.5. The number of alkyl carbamates (subject to hydrolysis) is 2. The Balaban J connectivity index is 1.77. The molecule has 0 aromatic heterocycles. The Labute approximate surface area is 591 Å². The molecule has 3 rings (SSSR count). The van der Waals surface area contributed by atoms with E-state index in [9.17, 15) is 71.9 Å². The van der Waals surface area contributed by atoms with Crippen molar-refractivity contribution in [2.75, 3.05) is 56.4 Å². The zero-order chi connectivity index (χ0) is 76.0. The largest absolute Gasteiger partial charge is 0.445 e. The Hall–Kier alpha value is -9.71. The number of carbonyl (C=O) groups excluding carboxylic acids is 15. The van der Waals surface area contributed by atoms with Crippen LogP contribution in [-0.2, 0) is 75.4 Å². The molecular formula is C70H108N14O17. The van der Waals surface area contributed by atoms with E-state index in [1.54, 1.807) is 118 Å². The third kappa shape index (κ3) is 32.0. The number of ketones is 2. The molecule has 0 saturated carbocycles. The van der Waals surface area contributed by atoms with Crippen LogP contribution < -0.4 is 64.6 Å². The van der Waals surface area contributed by atoms with Gasteiger partial charge >= 0.3 is 24.2 Å². The van der Waals surface area contributed by atoms with E-state index in [2.05, 4.69) is 53.2 Å². The lowest BCUT2D eigenvalue weighted by Crippen LogP contribution is -2.55. The van der Waals surface area contributed by atoms with Crippen molar-refractivity contribution in [3.8, 4) is 0 Å². The fraction of sp³-hybridized carbons (Fsp3) is 0.614. The van der Waals surface area contributed by atoms with Gasteiger partial charge in [-0.3, -0.25) is 57.6 Å². The number of urea groups is 2. The highest BCUT2D eigenvalue weighted by atomic mass is 16.6. The number of nitrogens with two attached hydrogens (primary N) is 2. The van der Waals surface area contributed by atoms with Crippen molar-refractivity contribution in [1.82, 2.24) is 52.3 Å². The predicted octanol–water partition coefficient (Wildman–Crippen LogP) is 4.69. The fourth-order valence-electron chi connectivity index (χ4n) is 10.0. The number of hydrogen-bond acceptors (Lipinski definition) is 17. The molecule has 0 spiro atoms. The van der Waals surface area contributed by atoms with Crippen LogP contribution in [0.1, 0.15) is 172 Å². The molecule has 0 aliphatic carbocycles. The number of anilines is 2. The number of Topliss-reactive ketones (excluding diaryl/α,β-unsaturated/α-hetero) is 2. The van der Waals surface area contributed by atoms with Gasteiger partial charge in [-0.2, -0.15) is 0 Å². The van der Waals surface area contributed by atoms with Gasteiger partial charge in [0.25, 0.3) is 0 Å². The van der Waals surface area contributed by atoms with Gasteiger partial charge in [0.2, 0.25) is 53.2 Å². The highest BCUT2D eigenvalue weighted by molar-refractivity contribution is 6.04. The lowest BCUT2D eigenvalue weighted by Gasteiger charge is -2.27. The first-order valence-corrected chi connectivity index (χ1v) is 34.2. The van der Waals surface area contributed by atoms with Gasteiger partial charge in [0, 0.05) is 80.6 Å². The molecule has 1 aliphatic rings. The van der Waals surface area contributed by atoms with Crippen LogP contribution in [0.5, 0.6) is 0 Å². The molecule has 1 aliphatic heterocycles. The van der Waals surface area contributed by atoms with Crippen LogP contribution in [0.15, 0.2) is 48.5 Å². The van der Waals surface area contributed by atoms with E-state index in [0.29, 0.717) is 41.8 Å². The van der Waals surface area contributed by atoms with Crippen molar-refractivity contribution in [2.24, 2.45) is 45.5 Å². The predicted molar refractivity (Wildman–Crippen MR) is 375 cm³/mol. The number of amides is 15. The molecule has 2 aromatic rings. The standard InChI is InChI=1S/C70H108N14O17/c1-42(2)57(61(93)79-49(19-17-32-73-64(71)96)59(91)77-46-26-22-44(23-27-46)40-100-66(98)75-38-51(85)69(8,9)10)81-53(87)30-35-83(55(89)21-15-14-16-34-84-56(90)37-48(63(84)95)68(5,6)7)36-31-54(88)82-58(43(3)4)62(94)80-50(20-18-33-74-65(72)97)60(92)78-47-28-24-45(25-29-47)41-101-67(99)76-39-52(86)70(11,12)13/h22-29,42-43,48-50,57-58H,14-21,30-41H2,1-13H3,(H,75,98)(H,76,99)(H,77,91)(H,78,92)(H,79,93)(H,80,94)(H,81,87)(H,82,88)(H3,71,73,96)(H3,72,74,97)/t48?,49-,50-,57-,58-/m0/s1. The third-order valence-corrected chi connectivity index (χ3v) is 16.5. The summed E-state index contributed by atoms with van der Waals surface area (Å²) in [6, 6.07) is 6.09. The molecule has 101 heavy (non-hydrogen) atoms. The van der Waals surface area contributed by atoms with Crippen LogP contribution in [-0.4, -0.2) is 169 Å². The molecule has 1 unspecified atom stereocenters. The summed E-state index contributed by atoms with van der Waals surface area (Å²) in [7, 11) is 0. The number of likely N-dealkylation sites (tertiary alicyclic amines) is 1. The van der Waals surface area contributed by atoms with Gasteiger partial charge in [0.15, 0.2) is 11.6 Å². The molecule has 1 heterocycles. The van der Waals surface area contributed by atoms with Crippen LogP contribution in [0.4, 0.5) is 30.6 Å². The molecule has 560 valence electrons. The number of ether oxygens (including phenoxy) is 2. The molecular weight excluding hydrogens is 1310 g/mol. The zero-order valence-corrected chi connectivity index (χ0v) is 60.8. The van der Waals surface area contributed by atoms with Crippen molar-refractivity contribution >= 4 is 100 Å². The van der Waals surface area contributed by atoms with Crippen LogP contribution in [0.2, 0.25) is 0 Å². The SMILES string of the molecule is CC(C)[C@H](NC(=O)CCN(CCC(=O)N[C@H](C(=O)N[C@@H](CCCNC(N)=O)C(=O)Nc1ccc(COC(=O)NCC(=O)C(C)(C)C)cc1)C(C)C)C(=O)CCCCCN1C(=O)CC(C(C)(C)C)C1=O)C(=O)N[C@@H](CCCNC(N)=O)C(=O)Nc1ccc(COC(=O)NCC(=O)C(C)(C)C)cc1. The average molecular weight is 1420 g/mol. The number of hydrogen-bond donors (Lipinski definition) is 12. The summed E-state index contributed by atoms with van der Waals surface area (Å²) in [5.41, 5.74) is 10.5. The summed E-state index contributed by atoms with van der Waals surface area (Å²) in [5.74, 6) is -6.98. The van der Waals surface area contributed by atoms with E-state index in [1.807, 2.05) is 20.8 Å². The van der Waals surface area contributed by atoms with Crippen LogP contribution in [0.3, 0.4) is 0 Å². The second-order valence-electron chi connectivity index (χ2n) is 28.8. The van der Waals surface area contributed by atoms with Crippen molar-refractivity contribution in [2.45, 2.75) is 198 Å². The maximum atomic E-state index is 14.1. The summed E-state index contributed by atoms with van der Waals surface area (Å²) < 4.78 is 10.5. The van der Waals surface area contributed by atoms with Gasteiger partial charge in [-0.15, -0.1) is 0 Å². The number of imide groups is 1. The highest BCUT2D eigenvalue weighted by Crippen LogP contribution is 2.35. The number of rotatable bonds is 40. The summed E-state index contributed by atoms with van der Waals surface area (Å²) in [5, 5.41) is 26.1. The minimum absolute atomic E-state index is 0.00858. The lowest BCUT2D eigenvalue weighted by molar-refractivity contribution is -0.141. The summed E-state index contributed by atoms with van der Waals surface area (Å²) in [4.78, 5) is 198. The summed E-state index contributed by atoms with van der Waals surface area (Å²) in [6.07, 6.45) is -0.710. The van der Waals surface area contributed by atoms with Gasteiger partial charge < -0.3 is 79.0 Å². The second kappa shape index (κ2) is 41.1. The van der Waals surface area contributed by atoms with E-state index in [4.69, 9.17) is 20.9 Å². The topological polar surface area (TPSA) is 453 Å². The first-order chi connectivity index (χ1) is 47.2. The number of nitrogens with zero attached hydrogens (tertiary/aromatic N) is 2. The number of carbonyl (C=O) groups is 15. The normalized spacial score (nSPS) is 14.2. The maximum Gasteiger partial charge on any atom is 0.407 e. The van der Waals surface area contributed by atoms with Gasteiger partial charge in [0.1, 0.15) is 37.4 Å². The van der Waals surface area contributed by atoms with E-state index in [1.165, 1.54) is 9.80 Å². The number of primary amides is 2. The Morgan fingerprint density at radius 1 is 0.515 bits per heavy atom. The van der Waals surface area contributed by atoms with Crippen molar-refractivity contribution in [1.29, 1.82) is 0 Å². The molecule has 31 nitrogen and oxygen atoms in total. The molecule has 2 aromatic carbocycles. The Kier molecular flexibility index (Phi) is 34.8. The molecule has 31 heteroatoms. The zero-order valence-electron chi connectivity index (χ0n) is 60.8. The second-order valence-corrected chi connectivity index (χ2v) is 28.8. The molecule has 15 amide bonds. The lowest BCUT2D eigenvalue weighted by atomic mass is 9.80. The van der Waals surface area contributed by atoms with Crippen LogP contribution in [0, 0.1) is 34.0 Å². The summed E-state index contributed by atoms with van der Waals surface area (Å²) in [6.45, 7) is 21.8. The molecule has 0 radical (unpaired) electrons. The van der Waals surface area contributed by atoms with Crippen molar-refractivity contribution < 1.29 is 81.4 Å². The molecule has 5 atom stereocenters. The fourth-order valence-corrected chi connectivity index (χ4v) is 10.0. The van der Waals surface area contributed by atoms with Crippen LogP contribution >= 0.6 is 0 Å². The van der Waals surface area contributed by atoms with E-state index < -0.39 is 124 Å². The van der Waals surface area contributed by atoms with Crippen molar-refractivity contribution in [3.05, 3.63) is 59.7 Å². The molecule has 14 N–H and O–H groups in total. The van der Waals surface area contributed by atoms with Crippen molar-refractivity contribution in [3.63, 3.8) is 0 Å². The van der Waals surface area contributed by atoms with E-state index in [-0.39, 0.29) is 134 Å². The molecule has 1 saturated heterocycles. The Bertz CT molecular complexity index is 3040. The highest BCUT2D eigenvalue weighted by Gasteiger charge is 2.44. The van der Waals surface area contributed by atoms with Gasteiger partial charge in [0.05, 0.1) is 19.0 Å². The molecule has 1 fully saturated rings. The average Bonchev–Trinajstić information content (AvgIpc) is 1.66. The van der Waals surface area contributed by atoms with Gasteiger partial charge in [-0.25, -0.2) is 19.2 Å². The Morgan fingerprint density at radius 3 is 1.26 bits per heavy atom. The Morgan fingerprint density at radius 2 is 0.911 bits per heavy atom. The van der Waals surface area contributed by atoms with Gasteiger partial charge in [-0.1, -0.05) is 121 Å². The van der Waals surface area contributed by atoms with E-state index >= 15 is 0 Å². The van der Waals surface area contributed by atoms with Crippen LogP contribution in [0.25, 0.3) is 0 Å². The quantitative estimate of drug-likeness (QED) is 0.0318. The first-order valence-electron chi connectivity index (χ1n) is 34.2. The summed E-state index contributed by atoms with van der Waals surface area (Å²) >= 11 is 0. The maximum absolute atomic E-state index is 14.1.